The third-order valence-electron chi connectivity index (χ3n) is 10.00. The molecule has 4 fully saturated rings. The summed E-state index contributed by atoms with van der Waals surface area (Å²) in [6.07, 6.45) is 9.38. The molecule has 0 amide bonds. The van der Waals surface area contributed by atoms with E-state index in [4.69, 9.17) is 14.5 Å². The maximum absolute atomic E-state index is 13.7. The Balaban J connectivity index is 1.22. The summed E-state index contributed by atoms with van der Waals surface area (Å²) in [7, 11) is 3.25. The molecule has 2 heterocycles. The molecule has 4 aliphatic carbocycles. The first kappa shape index (κ1) is 27.9. The fourth-order valence-electron chi connectivity index (χ4n) is 8.24. The van der Waals surface area contributed by atoms with Gasteiger partial charge in [0, 0.05) is 36.8 Å². The number of nitrogens with zero attached hydrogens (tertiary/aromatic N) is 2. The molecule has 3 unspecified atom stereocenters. The summed E-state index contributed by atoms with van der Waals surface area (Å²) in [5.41, 5.74) is 3.66. The maximum Gasteiger partial charge on any atom is 0.166 e. The molecule has 4 saturated carbocycles. The van der Waals surface area contributed by atoms with Crippen LogP contribution in [0.25, 0.3) is 11.0 Å². The van der Waals surface area contributed by atoms with Crippen molar-refractivity contribution in [1.82, 2.24) is 9.55 Å². The van der Waals surface area contributed by atoms with Crippen molar-refractivity contribution in [3.8, 4) is 11.5 Å². The molecule has 8 heteroatoms. The van der Waals surface area contributed by atoms with Crippen LogP contribution in [0.15, 0.2) is 60.9 Å². The Morgan fingerprint density at radius 1 is 1.02 bits per heavy atom. The van der Waals surface area contributed by atoms with Gasteiger partial charge in [0.15, 0.2) is 17.3 Å². The first-order chi connectivity index (χ1) is 20.8. The number of benzene rings is 2. The molecule has 0 saturated heterocycles. The summed E-state index contributed by atoms with van der Waals surface area (Å²) in [5.74, 6) is 2.44. The minimum absolute atomic E-state index is 0.0105. The predicted molar refractivity (Wildman–Crippen MR) is 163 cm³/mol. The van der Waals surface area contributed by atoms with Crippen LogP contribution in [0, 0.1) is 23.6 Å². The normalized spacial score (nSPS) is 25.7. The second-order valence-corrected chi connectivity index (χ2v) is 12.8. The predicted octanol–water partition coefficient (Wildman–Crippen LogP) is 6.41. The van der Waals surface area contributed by atoms with E-state index in [0.29, 0.717) is 54.2 Å². The SMILES string of the molecule is COc1ccc(Cn2ccc3c(NC4[C@@H]5CC6C[C@H]4CC(O)(C6)C5)c(C(=O)CCc4ccc(F)cc4)cnc32)cc1OC. The number of hydrogen-bond acceptors (Lipinski definition) is 6. The van der Waals surface area contributed by atoms with Crippen LogP contribution >= 0.6 is 0 Å². The number of rotatable bonds is 10. The highest BCUT2D eigenvalue weighted by Gasteiger charge is 2.54. The van der Waals surface area contributed by atoms with E-state index < -0.39 is 5.60 Å². The van der Waals surface area contributed by atoms with Gasteiger partial charge >= 0.3 is 0 Å². The summed E-state index contributed by atoms with van der Waals surface area (Å²) in [6.45, 7) is 0.581. The number of aliphatic hydroxyl groups is 1. The Labute approximate surface area is 251 Å². The highest BCUT2D eigenvalue weighted by atomic mass is 19.1. The lowest BCUT2D eigenvalue weighted by Crippen LogP contribution is -2.59. The zero-order valence-electron chi connectivity index (χ0n) is 24.7. The number of nitrogens with one attached hydrogen (secondary N) is 1. The van der Waals surface area contributed by atoms with E-state index in [-0.39, 0.29) is 17.6 Å². The quantitative estimate of drug-likeness (QED) is 0.210. The third-order valence-corrected chi connectivity index (χ3v) is 10.00. The van der Waals surface area contributed by atoms with Crippen molar-refractivity contribution in [3.63, 3.8) is 0 Å². The molecular formula is C35H38FN3O4. The van der Waals surface area contributed by atoms with Crippen LogP contribution in [-0.2, 0) is 13.0 Å². The number of pyridine rings is 1. The smallest absolute Gasteiger partial charge is 0.166 e. The van der Waals surface area contributed by atoms with E-state index in [1.54, 1.807) is 32.5 Å². The van der Waals surface area contributed by atoms with Crippen LogP contribution in [0.1, 0.15) is 60.0 Å². The van der Waals surface area contributed by atoms with Crippen LogP contribution in [0.5, 0.6) is 11.5 Å². The number of anilines is 1. The number of Topliss-reactive ketones (excluding diaryl/α,β-unsaturated/α-hetero) is 1. The van der Waals surface area contributed by atoms with Crippen LogP contribution in [-0.4, -0.2) is 46.3 Å². The second kappa shape index (κ2) is 11.0. The Hall–Kier alpha value is -3.91. The van der Waals surface area contributed by atoms with E-state index in [9.17, 15) is 14.3 Å². The van der Waals surface area contributed by atoms with E-state index in [1.807, 2.05) is 30.5 Å². The number of hydrogen-bond donors (Lipinski definition) is 2. The van der Waals surface area contributed by atoms with Gasteiger partial charge < -0.3 is 24.5 Å². The Morgan fingerprint density at radius 3 is 2.44 bits per heavy atom. The number of fused-ring (bicyclic) bond motifs is 1. The number of halogens is 1. The maximum atomic E-state index is 13.7. The van der Waals surface area contributed by atoms with Gasteiger partial charge in [-0.15, -0.1) is 0 Å². The van der Waals surface area contributed by atoms with Gasteiger partial charge in [0.2, 0.25) is 0 Å². The second-order valence-electron chi connectivity index (χ2n) is 12.8. The molecule has 2 aromatic heterocycles. The Bertz CT molecular complexity index is 1650. The summed E-state index contributed by atoms with van der Waals surface area (Å²) in [5, 5.41) is 16.0. The standard InChI is InChI=1S/C35H38FN3O4/c1-42-30-10-6-22(15-31(30)43-2)20-39-12-11-27-33(38-32-24-13-23-14-25(32)18-35(41,16-23)17-24)28(19-37-34(27)39)29(40)9-5-21-3-7-26(36)8-4-21/h3-4,6-8,10-12,15,19,23-25,32,41H,5,9,13-14,16-18,20H2,1-2H3,(H,37,38)/t23?,24-,25+,32?,35?. The zero-order valence-corrected chi connectivity index (χ0v) is 24.7. The van der Waals surface area contributed by atoms with Gasteiger partial charge in [0.05, 0.1) is 31.1 Å². The van der Waals surface area contributed by atoms with Gasteiger partial charge in [0.25, 0.3) is 0 Å². The van der Waals surface area contributed by atoms with E-state index in [0.717, 1.165) is 60.0 Å². The molecule has 4 aromatic rings. The molecule has 2 N–H and O–H groups in total. The van der Waals surface area contributed by atoms with Crippen LogP contribution < -0.4 is 14.8 Å². The van der Waals surface area contributed by atoms with Crippen molar-refractivity contribution in [3.05, 3.63) is 83.4 Å². The van der Waals surface area contributed by atoms with E-state index in [2.05, 4.69) is 9.88 Å². The molecule has 4 aliphatic rings. The average molecular weight is 584 g/mol. The first-order valence-electron chi connectivity index (χ1n) is 15.3. The Morgan fingerprint density at radius 2 is 1.74 bits per heavy atom. The molecule has 7 nitrogen and oxygen atoms in total. The molecule has 224 valence electrons. The van der Waals surface area contributed by atoms with Crippen molar-refractivity contribution in [1.29, 1.82) is 0 Å². The fourth-order valence-corrected chi connectivity index (χ4v) is 8.24. The molecule has 5 atom stereocenters. The Kier molecular flexibility index (Phi) is 7.12. The fraction of sp³-hybridized carbons (Fsp3) is 0.429. The number of carbonyl (C=O) groups is 1. The molecule has 4 bridgehead atoms. The van der Waals surface area contributed by atoms with Crippen LogP contribution in [0.3, 0.4) is 0 Å². The molecule has 0 radical (unpaired) electrons. The number of ether oxygens (including phenoxy) is 2. The van der Waals surface area contributed by atoms with Crippen molar-refractivity contribution < 1.29 is 23.8 Å². The summed E-state index contributed by atoms with van der Waals surface area (Å²) >= 11 is 0. The summed E-state index contributed by atoms with van der Waals surface area (Å²) < 4.78 is 26.4. The van der Waals surface area contributed by atoms with Crippen molar-refractivity contribution in [2.75, 3.05) is 19.5 Å². The minimum atomic E-state index is -0.529. The van der Waals surface area contributed by atoms with Gasteiger partial charge in [-0.3, -0.25) is 4.79 Å². The summed E-state index contributed by atoms with van der Waals surface area (Å²) in [6, 6.07) is 14.5. The molecule has 0 spiro atoms. The molecule has 43 heavy (non-hydrogen) atoms. The van der Waals surface area contributed by atoms with Crippen LogP contribution in [0.2, 0.25) is 0 Å². The van der Waals surface area contributed by atoms with Crippen molar-refractivity contribution in [2.24, 2.45) is 17.8 Å². The number of carbonyl (C=O) groups excluding carboxylic acids is 1. The summed E-state index contributed by atoms with van der Waals surface area (Å²) in [4.78, 5) is 18.6. The highest BCUT2D eigenvalue weighted by Crippen LogP contribution is 2.56. The van der Waals surface area contributed by atoms with Gasteiger partial charge in [-0.25, -0.2) is 9.37 Å². The highest BCUT2D eigenvalue weighted by molar-refractivity contribution is 6.07. The van der Waals surface area contributed by atoms with E-state index >= 15 is 0 Å². The zero-order chi connectivity index (χ0) is 29.7. The first-order valence-corrected chi connectivity index (χ1v) is 15.3. The van der Waals surface area contributed by atoms with Crippen molar-refractivity contribution in [2.45, 2.75) is 63.1 Å². The number of aromatic nitrogens is 2. The molecule has 2 aromatic carbocycles. The largest absolute Gasteiger partial charge is 0.493 e. The van der Waals surface area contributed by atoms with Crippen LogP contribution in [0.4, 0.5) is 10.1 Å². The average Bonchev–Trinajstić information content (AvgIpc) is 3.40. The number of ketones is 1. The lowest BCUT2D eigenvalue weighted by Gasteiger charge is -2.58. The van der Waals surface area contributed by atoms with Crippen molar-refractivity contribution >= 4 is 22.5 Å². The number of methoxy groups -OCH3 is 2. The number of aryl methyl sites for hydroxylation is 1. The van der Waals surface area contributed by atoms with Gasteiger partial charge in [-0.2, -0.15) is 0 Å². The molecular weight excluding hydrogens is 545 g/mol. The molecule has 8 rings (SSSR count). The minimum Gasteiger partial charge on any atom is -0.493 e. The lowest BCUT2D eigenvalue weighted by atomic mass is 9.52. The monoisotopic (exact) mass is 583 g/mol. The van der Waals surface area contributed by atoms with Gasteiger partial charge in [-0.05, 0) is 97.7 Å². The van der Waals surface area contributed by atoms with Gasteiger partial charge in [-0.1, -0.05) is 18.2 Å². The topological polar surface area (TPSA) is 85.6 Å². The third kappa shape index (κ3) is 5.26. The molecule has 0 aliphatic heterocycles. The lowest BCUT2D eigenvalue weighted by molar-refractivity contribution is -0.129. The van der Waals surface area contributed by atoms with E-state index in [1.165, 1.54) is 12.1 Å². The van der Waals surface area contributed by atoms with Gasteiger partial charge in [0.1, 0.15) is 11.5 Å².